The van der Waals surface area contributed by atoms with E-state index < -0.39 is 5.97 Å². The molecule has 0 radical (unpaired) electrons. The molecular weight excluding hydrogens is 338 g/mol. The largest absolute Gasteiger partial charge is 0.478 e. The summed E-state index contributed by atoms with van der Waals surface area (Å²) in [7, 11) is 1.55. The molecule has 1 N–H and O–H groups in total. The SMILES string of the molecule is COCCN1C(=O)CN(C(=O)CN2CCCC2)c2cc(C(=O)O)ccc21. The summed E-state index contributed by atoms with van der Waals surface area (Å²) in [5.74, 6) is -1.46. The number of aromatic carboxylic acids is 1. The van der Waals surface area contributed by atoms with Crippen molar-refractivity contribution in [3.05, 3.63) is 23.8 Å². The lowest BCUT2D eigenvalue weighted by Gasteiger charge is -2.36. The number of rotatable bonds is 6. The van der Waals surface area contributed by atoms with Gasteiger partial charge in [-0.15, -0.1) is 0 Å². The Bertz CT molecular complexity index is 715. The number of nitrogens with zero attached hydrogens (tertiary/aromatic N) is 3. The molecule has 2 aliphatic heterocycles. The summed E-state index contributed by atoms with van der Waals surface area (Å²) in [4.78, 5) is 41.7. The van der Waals surface area contributed by atoms with E-state index in [-0.39, 0.29) is 30.5 Å². The Labute approximate surface area is 151 Å². The lowest BCUT2D eigenvalue weighted by molar-refractivity contribution is -0.123. The minimum atomic E-state index is -1.07. The second-order valence-corrected chi connectivity index (χ2v) is 6.51. The molecule has 8 heteroatoms. The summed E-state index contributed by atoms with van der Waals surface area (Å²) in [5.41, 5.74) is 1.09. The Morgan fingerprint density at radius 2 is 1.92 bits per heavy atom. The molecule has 0 saturated carbocycles. The molecule has 1 aromatic carbocycles. The van der Waals surface area contributed by atoms with E-state index in [1.54, 1.807) is 18.1 Å². The highest BCUT2D eigenvalue weighted by Gasteiger charge is 2.33. The third kappa shape index (κ3) is 3.71. The quantitative estimate of drug-likeness (QED) is 0.806. The number of hydrogen-bond acceptors (Lipinski definition) is 5. The third-order valence-electron chi connectivity index (χ3n) is 4.78. The van der Waals surface area contributed by atoms with Crippen LogP contribution >= 0.6 is 0 Å². The van der Waals surface area contributed by atoms with Crippen LogP contribution in [-0.4, -0.2) is 74.2 Å². The monoisotopic (exact) mass is 361 g/mol. The van der Waals surface area contributed by atoms with Crippen LogP contribution in [0.4, 0.5) is 11.4 Å². The summed E-state index contributed by atoms with van der Waals surface area (Å²) in [5, 5.41) is 9.29. The number of likely N-dealkylation sites (tertiary alicyclic amines) is 1. The van der Waals surface area contributed by atoms with Crippen LogP contribution in [0.1, 0.15) is 23.2 Å². The van der Waals surface area contributed by atoms with Gasteiger partial charge in [-0.25, -0.2) is 4.79 Å². The van der Waals surface area contributed by atoms with Crippen LogP contribution in [0.5, 0.6) is 0 Å². The van der Waals surface area contributed by atoms with Crippen LogP contribution in [0, 0.1) is 0 Å². The predicted molar refractivity (Wildman–Crippen MR) is 95.7 cm³/mol. The number of benzene rings is 1. The second kappa shape index (κ2) is 7.84. The maximum Gasteiger partial charge on any atom is 0.335 e. The molecule has 0 atom stereocenters. The molecule has 0 unspecified atom stereocenters. The molecule has 26 heavy (non-hydrogen) atoms. The van der Waals surface area contributed by atoms with E-state index in [2.05, 4.69) is 4.90 Å². The zero-order valence-electron chi connectivity index (χ0n) is 14.8. The van der Waals surface area contributed by atoms with Crippen molar-refractivity contribution in [1.29, 1.82) is 0 Å². The van der Waals surface area contributed by atoms with Crippen molar-refractivity contribution < 1.29 is 24.2 Å². The van der Waals surface area contributed by atoms with Crippen LogP contribution in [-0.2, 0) is 14.3 Å². The van der Waals surface area contributed by atoms with Crippen LogP contribution in [0.2, 0.25) is 0 Å². The number of carbonyl (C=O) groups excluding carboxylic acids is 2. The highest BCUT2D eigenvalue weighted by molar-refractivity contribution is 6.12. The zero-order chi connectivity index (χ0) is 18.7. The molecule has 2 heterocycles. The molecule has 140 valence electrons. The van der Waals surface area contributed by atoms with Crippen LogP contribution < -0.4 is 9.80 Å². The number of methoxy groups -OCH3 is 1. The minimum Gasteiger partial charge on any atom is -0.478 e. The maximum absolute atomic E-state index is 12.8. The van der Waals surface area contributed by atoms with Gasteiger partial charge in [-0.05, 0) is 44.1 Å². The average Bonchev–Trinajstić information content (AvgIpc) is 3.12. The lowest BCUT2D eigenvalue weighted by atomic mass is 10.1. The number of ether oxygens (including phenoxy) is 1. The smallest absolute Gasteiger partial charge is 0.335 e. The van der Waals surface area contributed by atoms with E-state index in [1.807, 2.05) is 0 Å². The minimum absolute atomic E-state index is 0.0868. The van der Waals surface area contributed by atoms with Crippen molar-refractivity contribution in [1.82, 2.24) is 4.90 Å². The summed E-state index contributed by atoms with van der Waals surface area (Å²) in [6.07, 6.45) is 2.13. The van der Waals surface area contributed by atoms with Gasteiger partial charge in [0.15, 0.2) is 0 Å². The van der Waals surface area contributed by atoms with Gasteiger partial charge in [0.25, 0.3) is 0 Å². The molecule has 1 aromatic rings. The predicted octanol–water partition coefficient (Wildman–Crippen LogP) is 0.807. The molecule has 2 aliphatic rings. The number of fused-ring (bicyclic) bond motifs is 1. The van der Waals surface area contributed by atoms with Gasteiger partial charge < -0.3 is 14.7 Å². The standard InChI is InChI=1S/C18H23N3O5/c1-26-9-8-20-14-5-4-13(18(24)25)10-15(14)21(12-17(20)23)16(22)11-19-6-2-3-7-19/h4-5,10H,2-3,6-9,11-12H2,1H3,(H,24,25). The van der Waals surface area contributed by atoms with Gasteiger partial charge >= 0.3 is 5.97 Å². The van der Waals surface area contributed by atoms with E-state index >= 15 is 0 Å². The molecule has 8 nitrogen and oxygen atoms in total. The van der Waals surface area contributed by atoms with E-state index in [0.717, 1.165) is 25.9 Å². The van der Waals surface area contributed by atoms with Crippen LogP contribution in [0.15, 0.2) is 18.2 Å². The topological polar surface area (TPSA) is 90.4 Å². The summed E-state index contributed by atoms with van der Waals surface area (Å²) in [6.45, 7) is 2.59. The van der Waals surface area contributed by atoms with Crippen molar-refractivity contribution in [2.75, 3.05) is 56.2 Å². The fraction of sp³-hybridized carbons (Fsp3) is 0.500. The first-order valence-corrected chi connectivity index (χ1v) is 8.70. The molecule has 0 aromatic heterocycles. The molecule has 1 saturated heterocycles. The Balaban J connectivity index is 1.92. The lowest BCUT2D eigenvalue weighted by Crippen LogP contribution is -2.51. The Morgan fingerprint density at radius 1 is 1.19 bits per heavy atom. The van der Waals surface area contributed by atoms with E-state index in [9.17, 15) is 19.5 Å². The first kappa shape index (κ1) is 18.3. The van der Waals surface area contributed by atoms with Gasteiger partial charge in [0.1, 0.15) is 6.54 Å². The average molecular weight is 361 g/mol. The molecule has 0 bridgehead atoms. The zero-order valence-corrected chi connectivity index (χ0v) is 14.8. The number of hydrogen-bond donors (Lipinski definition) is 1. The molecule has 3 rings (SSSR count). The Kier molecular flexibility index (Phi) is 5.53. The molecule has 1 fully saturated rings. The highest BCUT2D eigenvalue weighted by atomic mass is 16.5. The molecule has 2 amide bonds. The van der Waals surface area contributed by atoms with E-state index in [4.69, 9.17) is 4.74 Å². The highest BCUT2D eigenvalue weighted by Crippen LogP contribution is 2.34. The van der Waals surface area contributed by atoms with Crippen molar-refractivity contribution in [3.8, 4) is 0 Å². The van der Waals surface area contributed by atoms with Gasteiger partial charge in [-0.1, -0.05) is 0 Å². The fourth-order valence-electron chi connectivity index (χ4n) is 3.41. The first-order valence-electron chi connectivity index (χ1n) is 8.70. The number of amides is 2. The van der Waals surface area contributed by atoms with E-state index in [0.29, 0.717) is 24.5 Å². The summed E-state index contributed by atoms with van der Waals surface area (Å²) >= 11 is 0. The Morgan fingerprint density at radius 3 is 2.58 bits per heavy atom. The summed E-state index contributed by atoms with van der Waals surface area (Å²) in [6, 6.07) is 4.50. The molecular formula is C18H23N3O5. The van der Waals surface area contributed by atoms with Crippen molar-refractivity contribution >= 4 is 29.2 Å². The van der Waals surface area contributed by atoms with Gasteiger partial charge in [-0.2, -0.15) is 0 Å². The number of anilines is 2. The van der Waals surface area contributed by atoms with Gasteiger partial charge in [-0.3, -0.25) is 19.4 Å². The van der Waals surface area contributed by atoms with Crippen LogP contribution in [0.3, 0.4) is 0 Å². The molecule has 0 aliphatic carbocycles. The second-order valence-electron chi connectivity index (χ2n) is 6.51. The van der Waals surface area contributed by atoms with Crippen molar-refractivity contribution in [2.45, 2.75) is 12.8 Å². The van der Waals surface area contributed by atoms with Gasteiger partial charge in [0.2, 0.25) is 11.8 Å². The maximum atomic E-state index is 12.8. The molecule has 0 spiro atoms. The normalized spacial score (nSPS) is 17.5. The fourth-order valence-corrected chi connectivity index (χ4v) is 3.41. The van der Waals surface area contributed by atoms with Gasteiger partial charge in [0.05, 0.1) is 30.1 Å². The first-order chi connectivity index (χ1) is 12.5. The van der Waals surface area contributed by atoms with Gasteiger partial charge in [0, 0.05) is 13.7 Å². The number of carboxylic acids is 1. The Hall–Kier alpha value is -2.45. The third-order valence-corrected chi connectivity index (χ3v) is 4.78. The number of carboxylic acid groups (broad SMARTS) is 1. The van der Waals surface area contributed by atoms with Crippen molar-refractivity contribution in [3.63, 3.8) is 0 Å². The summed E-state index contributed by atoms with van der Waals surface area (Å²) < 4.78 is 5.06. The van der Waals surface area contributed by atoms with E-state index in [1.165, 1.54) is 17.0 Å². The van der Waals surface area contributed by atoms with Crippen molar-refractivity contribution in [2.24, 2.45) is 0 Å². The van der Waals surface area contributed by atoms with Crippen LogP contribution in [0.25, 0.3) is 0 Å². The number of carbonyl (C=O) groups is 3.